The standard InChI is InChI=1S/C44H51N11O11S2/c1-64-34-10-4-29(5-11-34)25-54(26-30-6-12-35(65-2)13-7-30)68(62,63)41-39(67(60,61)48-23-33(49-44(58)59)22-46-43(56)57)17-16-38(53-20-18-32(19-21-53)37-24-45-28-47-37)40(41)42-50-52-55(51-42)27-31-8-14-36(66-3)15-9-31/h4-17,24,28,32-33,46,48-49H,18-23,25-27H2,1-3H3,(H,45,47)(H,56,57)(H,58,59)/t33-/m0/s1. The molecule has 1 aliphatic heterocycles. The van der Waals surface area contributed by atoms with Crippen molar-refractivity contribution in [1.82, 2.24) is 49.8 Å². The Balaban J connectivity index is 1.42. The highest BCUT2D eigenvalue weighted by Gasteiger charge is 2.39. The predicted octanol–water partition coefficient (Wildman–Crippen LogP) is 4.09. The number of benzene rings is 4. The van der Waals surface area contributed by atoms with Gasteiger partial charge < -0.3 is 44.9 Å². The number of H-pyrrole nitrogens is 1. The van der Waals surface area contributed by atoms with Crippen molar-refractivity contribution >= 4 is 37.9 Å². The minimum absolute atomic E-state index is 0.104. The number of methoxy groups -OCH3 is 3. The molecular formula is C44H51N11O11S2. The van der Waals surface area contributed by atoms with Gasteiger partial charge in [-0.25, -0.2) is 36.1 Å². The number of amides is 2. The number of carbonyl (C=O) groups is 2. The molecule has 0 spiro atoms. The molecule has 1 fully saturated rings. The first-order valence-electron chi connectivity index (χ1n) is 21.2. The highest BCUT2D eigenvalue weighted by Crippen LogP contribution is 2.43. The van der Waals surface area contributed by atoms with Crippen LogP contribution in [0.4, 0.5) is 15.3 Å². The van der Waals surface area contributed by atoms with Crippen LogP contribution in [-0.2, 0) is 39.7 Å². The number of hydrogen-bond acceptors (Lipinski definition) is 14. The Morgan fingerprint density at radius 1 is 0.794 bits per heavy atom. The van der Waals surface area contributed by atoms with Gasteiger partial charge >= 0.3 is 12.2 Å². The SMILES string of the molecule is COc1ccc(CN(Cc2ccc(OC)cc2)S(=O)(=O)c2c(S(=O)(=O)NC[C@H](CNC(=O)O)NC(=O)O)ccc(N3CCC(c4cnc[nH]4)CC3)c2-c2nnn(Cc3ccc(OC)cc3)n2)cc1. The highest BCUT2D eigenvalue weighted by atomic mass is 32.2. The van der Waals surface area contributed by atoms with Crippen LogP contribution >= 0.6 is 0 Å². The first-order valence-corrected chi connectivity index (χ1v) is 24.1. The second-order valence-electron chi connectivity index (χ2n) is 15.7. The molecule has 0 unspecified atom stereocenters. The second kappa shape index (κ2) is 21.6. The Morgan fingerprint density at radius 2 is 1.37 bits per heavy atom. The Morgan fingerprint density at radius 3 is 1.88 bits per heavy atom. The number of ether oxygens (including phenoxy) is 3. The van der Waals surface area contributed by atoms with Gasteiger partial charge in [-0.15, -0.1) is 10.2 Å². The zero-order valence-electron chi connectivity index (χ0n) is 37.3. The third-order valence-corrected chi connectivity index (χ3v) is 14.8. The third kappa shape index (κ3) is 11.8. The molecule has 1 saturated heterocycles. The van der Waals surface area contributed by atoms with Gasteiger partial charge in [-0.1, -0.05) is 36.4 Å². The van der Waals surface area contributed by atoms with Crippen molar-refractivity contribution in [2.24, 2.45) is 0 Å². The largest absolute Gasteiger partial charge is 0.497 e. The number of aromatic amines is 1. The number of nitrogens with one attached hydrogen (secondary N) is 4. The summed E-state index contributed by atoms with van der Waals surface area (Å²) in [5.74, 6) is 1.61. The summed E-state index contributed by atoms with van der Waals surface area (Å²) >= 11 is 0. The number of tetrazole rings is 1. The summed E-state index contributed by atoms with van der Waals surface area (Å²) in [5, 5.41) is 36.3. The van der Waals surface area contributed by atoms with E-state index in [9.17, 15) is 28.2 Å². The van der Waals surface area contributed by atoms with Crippen LogP contribution in [0.1, 0.15) is 41.1 Å². The fourth-order valence-corrected chi connectivity index (χ4v) is 11.3. The van der Waals surface area contributed by atoms with E-state index < -0.39 is 61.2 Å². The van der Waals surface area contributed by atoms with Crippen molar-refractivity contribution in [3.05, 3.63) is 120 Å². The van der Waals surface area contributed by atoms with Gasteiger partial charge in [0, 0.05) is 62.8 Å². The van der Waals surface area contributed by atoms with E-state index in [1.54, 1.807) is 92.4 Å². The lowest BCUT2D eigenvalue weighted by Gasteiger charge is -2.35. The number of carboxylic acid groups (broad SMARTS) is 2. The average Bonchev–Trinajstić information content (AvgIpc) is 4.06. The molecule has 3 heterocycles. The van der Waals surface area contributed by atoms with E-state index in [1.165, 1.54) is 31.1 Å². The Kier molecular flexibility index (Phi) is 15.4. The molecule has 1 atom stereocenters. The van der Waals surface area contributed by atoms with Crippen LogP contribution in [0.2, 0.25) is 0 Å². The molecular weight excluding hydrogens is 923 g/mol. The number of imidazole rings is 1. The molecule has 2 aromatic heterocycles. The molecule has 0 aliphatic carbocycles. The van der Waals surface area contributed by atoms with Crippen LogP contribution in [0, 0.1) is 0 Å². The van der Waals surface area contributed by atoms with E-state index in [0.717, 1.165) is 15.6 Å². The summed E-state index contributed by atoms with van der Waals surface area (Å²) in [6.45, 7) is -0.743. The van der Waals surface area contributed by atoms with E-state index in [0.29, 0.717) is 60.0 Å². The van der Waals surface area contributed by atoms with Crippen LogP contribution in [0.3, 0.4) is 0 Å². The van der Waals surface area contributed by atoms with E-state index in [-0.39, 0.29) is 36.9 Å². The summed E-state index contributed by atoms with van der Waals surface area (Å²) in [5.41, 5.74) is 2.97. The zero-order valence-corrected chi connectivity index (χ0v) is 38.9. The van der Waals surface area contributed by atoms with Crippen LogP contribution in [-0.4, -0.2) is 127 Å². The summed E-state index contributed by atoms with van der Waals surface area (Å²) in [6, 6.07) is 22.0. The minimum Gasteiger partial charge on any atom is -0.497 e. The van der Waals surface area contributed by atoms with Crippen molar-refractivity contribution in [3.8, 4) is 28.6 Å². The van der Waals surface area contributed by atoms with Crippen molar-refractivity contribution in [2.75, 3.05) is 52.4 Å². The quantitative estimate of drug-likeness (QED) is 0.0592. The van der Waals surface area contributed by atoms with Crippen LogP contribution < -0.4 is 34.5 Å². The normalized spacial score (nSPS) is 13.8. The number of nitrogens with zero attached hydrogens (tertiary/aromatic N) is 7. The molecule has 360 valence electrons. The van der Waals surface area contributed by atoms with Gasteiger partial charge in [0.15, 0.2) is 0 Å². The smallest absolute Gasteiger partial charge is 0.404 e. The van der Waals surface area contributed by atoms with Crippen molar-refractivity contribution in [1.29, 1.82) is 0 Å². The topological polar surface area (TPSA) is 285 Å². The van der Waals surface area contributed by atoms with Gasteiger partial charge in [0.05, 0.1) is 45.8 Å². The summed E-state index contributed by atoms with van der Waals surface area (Å²) < 4.78 is 81.2. The van der Waals surface area contributed by atoms with E-state index >= 15 is 8.42 Å². The molecule has 2 amide bonds. The molecule has 0 saturated carbocycles. The first-order chi connectivity index (χ1) is 32.7. The fraction of sp³-hybridized carbons (Fsp3) is 0.318. The van der Waals surface area contributed by atoms with E-state index in [1.807, 2.05) is 10.2 Å². The van der Waals surface area contributed by atoms with E-state index in [4.69, 9.17) is 19.3 Å². The number of piperidine rings is 1. The molecule has 1 aliphatic rings. The maximum Gasteiger partial charge on any atom is 0.404 e. The number of aromatic nitrogens is 6. The lowest BCUT2D eigenvalue weighted by atomic mass is 9.93. The zero-order chi connectivity index (χ0) is 48.4. The fourth-order valence-electron chi connectivity index (χ4n) is 7.80. The van der Waals surface area contributed by atoms with Crippen LogP contribution in [0.25, 0.3) is 11.4 Å². The first kappa shape index (κ1) is 48.6. The van der Waals surface area contributed by atoms with Crippen LogP contribution in [0.5, 0.6) is 17.2 Å². The number of sulfonamides is 2. The molecule has 6 N–H and O–H groups in total. The van der Waals surface area contributed by atoms with Crippen molar-refractivity contribution in [3.63, 3.8) is 0 Å². The van der Waals surface area contributed by atoms with Gasteiger partial charge in [0.2, 0.25) is 25.9 Å². The lowest BCUT2D eigenvalue weighted by molar-refractivity contribution is 0.183. The lowest BCUT2D eigenvalue weighted by Crippen LogP contribution is -2.49. The van der Waals surface area contributed by atoms with Gasteiger partial charge in [-0.3, -0.25) is 0 Å². The molecule has 0 bridgehead atoms. The molecule has 7 rings (SSSR count). The minimum atomic E-state index is -4.98. The molecule has 24 heteroatoms. The van der Waals surface area contributed by atoms with Gasteiger partial charge in [0.1, 0.15) is 27.0 Å². The summed E-state index contributed by atoms with van der Waals surface area (Å²) in [6.07, 6.45) is 1.61. The predicted molar refractivity (Wildman–Crippen MR) is 247 cm³/mol. The monoisotopic (exact) mass is 973 g/mol. The maximum atomic E-state index is 16.0. The highest BCUT2D eigenvalue weighted by molar-refractivity contribution is 7.92. The molecule has 6 aromatic rings. The number of rotatable bonds is 21. The molecule has 0 radical (unpaired) electrons. The molecule has 68 heavy (non-hydrogen) atoms. The van der Waals surface area contributed by atoms with Crippen LogP contribution in [0.15, 0.2) is 107 Å². The average molecular weight is 974 g/mol. The third-order valence-electron chi connectivity index (χ3n) is 11.3. The molecule has 4 aromatic carbocycles. The van der Waals surface area contributed by atoms with Gasteiger partial charge in [-0.05, 0) is 83.3 Å². The Hall–Kier alpha value is -7.28. The Labute approximate surface area is 392 Å². The van der Waals surface area contributed by atoms with Gasteiger partial charge in [-0.2, -0.15) is 9.10 Å². The van der Waals surface area contributed by atoms with Gasteiger partial charge in [0.25, 0.3) is 0 Å². The van der Waals surface area contributed by atoms with Crippen molar-refractivity contribution in [2.45, 2.75) is 54.2 Å². The maximum absolute atomic E-state index is 16.0. The molecule has 22 nitrogen and oxygen atoms in total. The number of anilines is 1. The number of hydrogen-bond donors (Lipinski definition) is 6. The summed E-state index contributed by atoms with van der Waals surface area (Å²) in [4.78, 5) is 32.3. The summed E-state index contributed by atoms with van der Waals surface area (Å²) in [7, 11) is -5.36. The second-order valence-corrected chi connectivity index (χ2v) is 19.3. The van der Waals surface area contributed by atoms with Crippen molar-refractivity contribution < 1.29 is 50.8 Å². The Bertz CT molecular complexity index is 2830. The van der Waals surface area contributed by atoms with E-state index in [2.05, 4.69) is 30.3 Å².